The molecule has 3 heterocycles. The van der Waals surface area contributed by atoms with Gasteiger partial charge in [0.2, 0.25) is 0 Å². The number of amides is 1. The number of aromatic nitrogens is 2. The minimum Gasteiger partial charge on any atom is -0.378 e. The molecule has 2 N–H and O–H groups in total. The lowest BCUT2D eigenvalue weighted by molar-refractivity contribution is 0.0530. The second-order valence-electron chi connectivity index (χ2n) is 5.64. The fourth-order valence-electron chi connectivity index (χ4n) is 3.23. The monoisotopic (exact) mass is 310 g/mol. The van der Waals surface area contributed by atoms with Gasteiger partial charge in [-0.1, -0.05) is 11.6 Å². The maximum absolute atomic E-state index is 11.5. The topological polar surface area (TPSA) is 81.3 Å². The molecule has 2 saturated heterocycles. The van der Waals surface area contributed by atoms with Gasteiger partial charge in [-0.2, -0.15) is 0 Å². The Bertz CT molecular complexity index is 526. The zero-order valence-electron chi connectivity index (χ0n) is 11.8. The second-order valence-corrected chi connectivity index (χ2v) is 6.03. The molecule has 2 aliphatic heterocycles. The van der Waals surface area contributed by atoms with E-state index in [1.807, 2.05) is 0 Å². The van der Waals surface area contributed by atoms with E-state index in [1.165, 1.54) is 12.5 Å². The summed E-state index contributed by atoms with van der Waals surface area (Å²) in [6.07, 6.45) is 4.80. The number of nitrogens with zero attached hydrogens (tertiary/aromatic N) is 3. The molecule has 0 aromatic carbocycles. The SMILES string of the molecule is NC(=O)c1cc(Cl)nnc1N1CCC(C2CCCO2)CC1. The lowest BCUT2D eigenvalue weighted by Crippen LogP contribution is -2.39. The first-order valence-electron chi connectivity index (χ1n) is 7.34. The Morgan fingerprint density at radius 1 is 1.33 bits per heavy atom. The van der Waals surface area contributed by atoms with Gasteiger partial charge in [-0.3, -0.25) is 4.79 Å². The van der Waals surface area contributed by atoms with E-state index in [4.69, 9.17) is 22.1 Å². The number of ether oxygens (including phenoxy) is 1. The number of halogens is 1. The highest BCUT2D eigenvalue weighted by molar-refractivity contribution is 6.29. The number of piperidine rings is 1. The van der Waals surface area contributed by atoms with Gasteiger partial charge in [0.1, 0.15) is 0 Å². The van der Waals surface area contributed by atoms with Crippen molar-refractivity contribution < 1.29 is 9.53 Å². The smallest absolute Gasteiger partial charge is 0.252 e. The summed E-state index contributed by atoms with van der Waals surface area (Å²) < 4.78 is 5.77. The Balaban J connectivity index is 1.70. The standard InChI is InChI=1S/C14H19ClN4O2/c15-12-8-10(13(16)20)14(18-17-12)19-5-3-9(4-6-19)11-2-1-7-21-11/h8-9,11H,1-7H2,(H2,16,20). The molecule has 1 aromatic heterocycles. The van der Waals surface area contributed by atoms with Crippen LogP contribution in [0.25, 0.3) is 0 Å². The summed E-state index contributed by atoms with van der Waals surface area (Å²) in [6, 6.07) is 1.48. The predicted molar refractivity (Wildman–Crippen MR) is 79.5 cm³/mol. The Kier molecular flexibility index (Phi) is 4.26. The maximum atomic E-state index is 11.5. The first-order valence-corrected chi connectivity index (χ1v) is 7.72. The molecule has 1 atom stereocenters. The number of hydrogen-bond acceptors (Lipinski definition) is 5. The molecule has 0 bridgehead atoms. The molecule has 114 valence electrons. The van der Waals surface area contributed by atoms with E-state index in [1.54, 1.807) is 0 Å². The number of anilines is 1. The van der Waals surface area contributed by atoms with Crippen LogP contribution in [0.4, 0.5) is 5.82 Å². The van der Waals surface area contributed by atoms with Crippen LogP contribution in [0.2, 0.25) is 5.15 Å². The molecule has 6 nitrogen and oxygen atoms in total. The van der Waals surface area contributed by atoms with Crippen molar-refractivity contribution in [3.05, 3.63) is 16.8 Å². The quantitative estimate of drug-likeness (QED) is 0.917. The highest BCUT2D eigenvalue weighted by Crippen LogP contribution is 2.31. The maximum Gasteiger partial charge on any atom is 0.252 e. The van der Waals surface area contributed by atoms with Crippen molar-refractivity contribution in [2.45, 2.75) is 31.8 Å². The third kappa shape index (κ3) is 3.11. The first kappa shape index (κ1) is 14.5. The molecule has 3 rings (SSSR count). The molecular weight excluding hydrogens is 292 g/mol. The molecule has 0 aliphatic carbocycles. The molecule has 7 heteroatoms. The molecule has 2 fully saturated rings. The largest absolute Gasteiger partial charge is 0.378 e. The van der Waals surface area contributed by atoms with Crippen LogP contribution in [0.1, 0.15) is 36.0 Å². The summed E-state index contributed by atoms with van der Waals surface area (Å²) in [5, 5.41) is 8.07. The van der Waals surface area contributed by atoms with Crippen molar-refractivity contribution in [3.63, 3.8) is 0 Å². The predicted octanol–water partition coefficient (Wildman–Crippen LogP) is 1.62. The van der Waals surface area contributed by atoms with Crippen molar-refractivity contribution in [1.82, 2.24) is 10.2 Å². The summed E-state index contributed by atoms with van der Waals surface area (Å²) >= 11 is 5.79. The number of carbonyl (C=O) groups excluding carboxylic acids is 1. The highest BCUT2D eigenvalue weighted by atomic mass is 35.5. The van der Waals surface area contributed by atoms with Crippen LogP contribution >= 0.6 is 11.6 Å². The van der Waals surface area contributed by atoms with Crippen molar-refractivity contribution in [2.24, 2.45) is 11.7 Å². The number of hydrogen-bond donors (Lipinski definition) is 1. The van der Waals surface area contributed by atoms with Crippen molar-refractivity contribution in [1.29, 1.82) is 0 Å². The minimum absolute atomic E-state index is 0.182. The van der Waals surface area contributed by atoms with Crippen LogP contribution in [-0.2, 0) is 4.74 Å². The van der Waals surface area contributed by atoms with E-state index in [9.17, 15) is 4.79 Å². The van der Waals surface area contributed by atoms with Crippen LogP contribution < -0.4 is 10.6 Å². The molecule has 1 aromatic rings. The summed E-state index contributed by atoms with van der Waals surface area (Å²) in [5.74, 6) is 0.613. The Morgan fingerprint density at radius 3 is 2.71 bits per heavy atom. The van der Waals surface area contributed by atoms with Gasteiger partial charge in [-0.25, -0.2) is 0 Å². The van der Waals surface area contributed by atoms with E-state index >= 15 is 0 Å². The van der Waals surface area contributed by atoms with Gasteiger partial charge in [-0.15, -0.1) is 10.2 Å². The van der Waals surface area contributed by atoms with Crippen LogP contribution in [0.5, 0.6) is 0 Å². The summed E-state index contributed by atoms with van der Waals surface area (Å²) in [6.45, 7) is 2.56. The molecule has 2 aliphatic rings. The first-order chi connectivity index (χ1) is 10.1. The van der Waals surface area contributed by atoms with Crippen molar-refractivity contribution >= 4 is 23.3 Å². The van der Waals surface area contributed by atoms with Gasteiger partial charge in [-0.05, 0) is 37.7 Å². The summed E-state index contributed by atoms with van der Waals surface area (Å²) in [5.41, 5.74) is 5.74. The fourth-order valence-corrected chi connectivity index (χ4v) is 3.38. The van der Waals surface area contributed by atoms with Gasteiger partial charge in [0.05, 0.1) is 11.7 Å². The van der Waals surface area contributed by atoms with Gasteiger partial charge >= 0.3 is 0 Å². The molecule has 1 amide bonds. The molecule has 0 radical (unpaired) electrons. The van der Waals surface area contributed by atoms with E-state index in [-0.39, 0.29) is 5.15 Å². The average molecular weight is 311 g/mol. The highest BCUT2D eigenvalue weighted by Gasteiger charge is 2.31. The van der Waals surface area contributed by atoms with Gasteiger partial charge in [0.15, 0.2) is 11.0 Å². The van der Waals surface area contributed by atoms with Crippen LogP contribution in [-0.4, -0.2) is 41.9 Å². The van der Waals surface area contributed by atoms with Crippen LogP contribution in [0.3, 0.4) is 0 Å². The zero-order chi connectivity index (χ0) is 14.8. The van der Waals surface area contributed by atoms with Crippen molar-refractivity contribution in [3.8, 4) is 0 Å². The van der Waals surface area contributed by atoms with Gasteiger partial charge in [0.25, 0.3) is 5.91 Å². The summed E-state index contributed by atoms with van der Waals surface area (Å²) in [4.78, 5) is 13.6. The lowest BCUT2D eigenvalue weighted by atomic mass is 9.89. The molecule has 0 saturated carbocycles. The van der Waals surface area contributed by atoms with Gasteiger partial charge < -0.3 is 15.4 Å². The minimum atomic E-state index is -0.525. The second kappa shape index (κ2) is 6.15. The third-order valence-corrected chi connectivity index (χ3v) is 4.52. The molecular formula is C14H19ClN4O2. The fraction of sp³-hybridized carbons (Fsp3) is 0.643. The number of carbonyl (C=O) groups is 1. The van der Waals surface area contributed by atoms with E-state index in [0.717, 1.165) is 39.0 Å². The summed E-state index contributed by atoms with van der Waals surface area (Å²) in [7, 11) is 0. The molecule has 0 spiro atoms. The van der Waals surface area contributed by atoms with Crippen LogP contribution in [0.15, 0.2) is 6.07 Å². The molecule has 21 heavy (non-hydrogen) atoms. The van der Waals surface area contributed by atoms with E-state index in [0.29, 0.717) is 23.4 Å². The van der Waals surface area contributed by atoms with Gasteiger partial charge in [0, 0.05) is 19.7 Å². The van der Waals surface area contributed by atoms with Crippen LogP contribution in [0, 0.1) is 5.92 Å². The Hall–Kier alpha value is -1.40. The van der Waals surface area contributed by atoms with Crippen molar-refractivity contribution in [2.75, 3.05) is 24.6 Å². The number of nitrogens with two attached hydrogens (primary N) is 1. The van der Waals surface area contributed by atoms with E-state index < -0.39 is 5.91 Å². The normalized spacial score (nSPS) is 23.5. The number of rotatable bonds is 3. The number of primary amides is 1. The zero-order valence-corrected chi connectivity index (χ0v) is 12.6. The Morgan fingerprint density at radius 2 is 2.10 bits per heavy atom. The molecule has 1 unspecified atom stereocenters. The third-order valence-electron chi connectivity index (χ3n) is 4.34. The van der Waals surface area contributed by atoms with E-state index in [2.05, 4.69) is 15.1 Å². The Labute approximate surface area is 128 Å². The average Bonchev–Trinajstić information content (AvgIpc) is 3.01. The lowest BCUT2D eigenvalue weighted by Gasteiger charge is -2.35.